The van der Waals surface area contributed by atoms with Gasteiger partial charge in [-0.3, -0.25) is 4.79 Å². The van der Waals surface area contributed by atoms with E-state index >= 15 is 4.39 Å². The van der Waals surface area contributed by atoms with Gasteiger partial charge in [0, 0.05) is 25.6 Å². The summed E-state index contributed by atoms with van der Waals surface area (Å²) >= 11 is 0. The van der Waals surface area contributed by atoms with Crippen LogP contribution in [0.15, 0.2) is 0 Å². The van der Waals surface area contributed by atoms with Crippen LogP contribution < -0.4 is 0 Å². The van der Waals surface area contributed by atoms with Crippen molar-refractivity contribution in [3.8, 4) is 0 Å². The van der Waals surface area contributed by atoms with E-state index < -0.39 is 52.3 Å². The van der Waals surface area contributed by atoms with Gasteiger partial charge in [-0.1, -0.05) is 27.7 Å². The van der Waals surface area contributed by atoms with E-state index in [9.17, 15) is 19.8 Å². The second-order valence-electron chi connectivity index (χ2n) is 11.0. The first-order chi connectivity index (χ1) is 14.8. The SMILES string of the molecule is CC[C@H]1OC(=O)[C@@](C)(F)C(=O)[C@H](C)[C@@H](C)[C@](C)(OC)C[C@@H](C)CN(C)[C@H](C)C(C)(O)[C@]1(C)O. The van der Waals surface area contributed by atoms with Crippen molar-refractivity contribution in [1.82, 2.24) is 4.90 Å². The third-order valence-electron chi connectivity index (χ3n) is 8.54. The van der Waals surface area contributed by atoms with E-state index in [2.05, 4.69) is 0 Å². The van der Waals surface area contributed by atoms with Crippen LogP contribution in [0.2, 0.25) is 0 Å². The number of Topliss-reactive ketones (excluding diaryl/α,β-unsaturated/α-hetero) is 1. The molecular weight excluding hydrogens is 429 g/mol. The van der Waals surface area contributed by atoms with E-state index in [4.69, 9.17) is 9.47 Å². The Bertz CT molecular complexity index is 709. The largest absolute Gasteiger partial charge is 0.457 e. The first-order valence-corrected chi connectivity index (χ1v) is 12.0. The molecule has 0 radical (unpaired) electrons. The van der Waals surface area contributed by atoms with Gasteiger partial charge in [0.05, 0.1) is 5.60 Å². The number of esters is 1. The Morgan fingerprint density at radius 1 is 1.09 bits per heavy atom. The molecule has 1 saturated heterocycles. The highest BCUT2D eigenvalue weighted by atomic mass is 19.1. The number of likely N-dealkylation sites (N-methyl/N-ethyl adjacent to an activating group) is 1. The average molecular weight is 476 g/mol. The maximum atomic E-state index is 15.6. The molecule has 1 fully saturated rings. The highest BCUT2D eigenvalue weighted by molar-refractivity contribution is 6.07. The van der Waals surface area contributed by atoms with Crippen LogP contribution in [-0.2, 0) is 19.1 Å². The van der Waals surface area contributed by atoms with Crippen LogP contribution in [-0.4, -0.2) is 82.2 Å². The van der Waals surface area contributed by atoms with Crippen molar-refractivity contribution in [3.63, 3.8) is 0 Å². The third-order valence-corrected chi connectivity index (χ3v) is 8.54. The fraction of sp³-hybridized carbons (Fsp3) is 0.920. The normalized spacial score (nSPS) is 47.5. The van der Waals surface area contributed by atoms with Gasteiger partial charge < -0.3 is 24.6 Å². The molecule has 0 amide bonds. The van der Waals surface area contributed by atoms with Gasteiger partial charge in [0.2, 0.25) is 0 Å². The molecule has 1 aliphatic rings. The Morgan fingerprint density at radius 3 is 2.06 bits per heavy atom. The number of carbonyl (C=O) groups excluding carboxylic acids is 2. The highest BCUT2D eigenvalue weighted by Crippen LogP contribution is 2.39. The first kappa shape index (κ1) is 29.9. The quantitative estimate of drug-likeness (QED) is 0.468. The predicted octanol–water partition coefficient (Wildman–Crippen LogP) is 3.14. The zero-order valence-corrected chi connectivity index (χ0v) is 22.4. The minimum Gasteiger partial charge on any atom is -0.457 e. The van der Waals surface area contributed by atoms with Crippen molar-refractivity contribution in [1.29, 1.82) is 0 Å². The maximum Gasteiger partial charge on any atom is 0.351 e. The van der Waals surface area contributed by atoms with Crippen LogP contribution in [0.25, 0.3) is 0 Å². The molecule has 0 saturated carbocycles. The number of ketones is 1. The second-order valence-corrected chi connectivity index (χ2v) is 11.0. The molecule has 2 N–H and O–H groups in total. The third kappa shape index (κ3) is 5.60. The summed E-state index contributed by atoms with van der Waals surface area (Å²) in [6.45, 7) is 15.2. The zero-order chi connectivity index (χ0) is 26.2. The summed E-state index contributed by atoms with van der Waals surface area (Å²) < 4.78 is 26.9. The zero-order valence-electron chi connectivity index (χ0n) is 22.4. The lowest BCUT2D eigenvalue weighted by molar-refractivity contribution is -0.224. The second kappa shape index (κ2) is 10.3. The lowest BCUT2D eigenvalue weighted by Crippen LogP contribution is -2.67. The van der Waals surface area contributed by atoms with Crippen LogP contribution in [0.1, 0.15) is 75.2 Å². The molecular formula is C25H46FNO6. The lowest BCUT2D eigenvalue weighted by atomic mass is 9.73. The Hall–Kier alpha value is -1.09. The number of hydrogen-bond donors (Lipinski definition) is 2. The van der Waals surface area contributed by atoms with Crippen LogP contribution in [0.5, 0.6) is 0 Å². The number of carbonyl (C=O) groups is 2. The molecule has 1 aliphatic heterocycles. The van der Waals surface area contributed by atoms with Crippen LogP contribution >= 0.6 is 0 Å². The summed E-state index contributed by atoms with van der Waals surface area (Å²) in [5.74, 6) is -3.37. The van der Waals surface area contributed by atoms with Gasteiger partial charge in [-0.05, 0) is 66.3 Å². The molecule has 0 bridgehead atoms. The minimum absolute atomic E-state index is 0.0923. The molecule has 7 nitrogen and oxygen atoms in total. The Morgan fingerprint density at radius 2 is 1.61 bits per heavy atom. The monoisotopic (exact) mass is 475 g/mol. The van der Waals surface area contributed by atoms with Gasteiger partial charge in [0.25, 0.3) is 5.67 Å². The average Bonchev–Trinajstić information content (AvgIpc) is 2.73. The summed E-state index contributed by atoms with van der Waals surface area (Å²) in [5, 5.41) is 22.8. The number of nitrogens with zero attached hydrogens (tertiary/aromatic N) is 1. The van der Waals surface area contributed by atoms with Crippen molar-refractivity contribution < 1.29 is 33.7 Å². The molecule has 1 unspecified atom stereocenters. The highest BCUT2D eigenvalue weighted by Gasteiger charge is 2.56. The van der Waals surface area contributed by atoms with Crippen molar-refractivity contribution in [3.05, 3.63) is 0 Å². The van der Waals surface area contributed by atoms with E-state index in [-0.39, 0.29) is 18.3 Å². The van der Waals surface area contributed by atoms with Crippen molar-refractivity contribution in [2.24, 2.45) is 17.8 Å². The molecule has 0 aromatic rings. The molecule has 0 spiro atoms. The van der Waals surface area contributed by atoms with Crippen molar-refractivity contribution in [2.75, 3.05) is 20.7 Å². The van der Waals surface area contributed by atoms with E-state index in [1.165, 1.54) is 13.8 Å². The summed E-state index contributed by atoms with van der Waals surface area (Å²) in [6, 6.07) is -0.531. The number of alkyl halides is 1. The molecule has 8 heteroatoms. The number of methoxy groups -OCH3 is 1. The maximum absolute atomic E-state index is 15.6. The van der Waals surface area contributed by atoms with Gasteiger partial charge in [-0.25, -0.2) is 9.18 Å². The minimum atomic E-state index is -2.91. The number of ether oxygens (including phenoxy) is 2. The smallest absolute Gasteiger partial charge is 0.351 e. The van der Waals surface area contributed by atoms with E-state index in [0.717, 1.165) is 6.92 Å². The molecule has 33 heavy (non-hydrogen) atoms. The number of hydrogen-bond acceptors (Lipinski definition) is 7. The molecule has 0 aliphatic carbocycles. The Balaban J connectivity index is 3.62. The molecule has 194 valence electrons. The van der Waals surface area contributed by atoms with E-state index in [0.29, 0.717) is 13.0 Å². The summed E-state index contributed by atoms with van der Waals surface area (Å²) in [4.78, 5) is 28.0. The molecule has 9 atom stereocenters. The molecule has 1 rings (SSSR count). The van der Waals surface area contributed by atoms with Gasteiger partial charge in [-0.15, -0.1) is 0 Å². The van der Waals surface area contributed by atoms with Gasteiger partial charge in [0.15, 0.2) is 5.78 Å². The van der Waals surface area contributed by atoms with E-state index in [1.54, 1.807) is 27.9 Å². The number of rotatable bonds is 2. The topological polar surface area (TPSA) is 96.3 Å². The molecule has 1 heterocycles. The van der Waals surface area contributed by atoms with Crippen molar-refractivity contribution in [2.45, 2.75) is 110 Å². The Kier molecular flexibility index (Phi) is 9.31. The van der Waals surface area contributed by atoms with Gasteiger partial charge in [-0.2, -0.15) is 0 Å². The van der Waals surface area contributed by atoms with Crippen LogP contribution in [0.4, 0.5) is 4.39 Å². The predicted molar refractivity (Wildman–Crippen MR) is 126 cm³/mol. The van der Waals surface area contributed by atoms with Gasteiger partial charge in [0.1, 0.15) is 17.3 Å². The summed E-state index contributed by atoms with van der Waals surface area (Å²) in [5.41, 5.74) is -7.29. The van der Waals surface area contributed by atoms with E-state index in [1.807, 2.05) is 32.7 Å². The number of halogens is 1. The molecule has 0 aromatic heterocycles. The summed E-state index contributed by atoms with van der Waals surface area (Å²) in [7, 11) is 3.42. The fourth-order valence-electron chi connectivity index (χ4n) is 5.16. The number of aliphatic hydroxyl groups is 2. The van der Waals surface area contributed by atoms with Crippen LogP contribution in [0, 0.1) is 17.8 Å². The number of cyclic esters (lactones) is 1. The van der Waals surface area contributed by atoms with Crippen molar-refractivity contribution >= 4 is 11.8 Å². The lowest BCUT2D eigenvalue weighted by Gasteiger charge is -2.49. The van der Waals surface area contributed by atoms with Gasteiger partial charge >= 0.3 is 5.97 Å². The summed E-state index contributed by atoms with van der Waals surface area (Å²) in [6.07, 6.45) is -0.527. The standard InChI is InChI=1S/C25H46FNO6/c1-12-19-25(9,31)24(8,30)18(5)27(10)14-15(2)13-22(6,32-11)17(4)16(3)20(28)23(7,26)21(29)33-19/h15-19,30-31H,12-14H2,1-11H3/t15-,16-,17-,18-,19-,22-,23+,24?,25-/m1/s1. The Labute approximate surface area is 199 Å². The first-order valence-electron chi connectivity index (χ1n) is 12.0. The van der Waals surface area contributed by atoms with Crippen LogP contribution in [0.3, 0.4) is 0 Å². The fourth-order valence-corrected chi connectivity index (χ4v) is 5.16. The molecule has 0 aromatic carbocycles.